The molecular formula is C22H19F3N4O6. The fourth-order valence-electron chi connectivity index (χ4n) is 3.00. The maximum atomic E-state index is 13.2. The van der Waals surface area contributed by atoms with Gasteiger partial charge in [-0.25, -0.2) is 0 Å². The van der Waals surface area contributed by atoms with E-state index in [1.54, 1.807) is 6.92 Å². The van der Waals surface area contributed by atoms with Crippen molar-refractivity contribution in [1.82, 2.24) is 9.97 Å². The fraction of sp³-hybridized carbons (Fsp3) is 0.182. The molecule has 0 saturated carbocycles. The zero-order valence-corrected chi connectivity index (χ0v) is 18.6. The first kappa shape index (κ1) is 25.1. The summed E-state index contributed by atoms with van der Waals surface area (Å²) in [6.45, 7) is 1.60. The number of ether oxygens (including phenoxy) is 4. The second-order valence-corrected chi connectivity index (χ2v) is 6.83. The van der Waals surface area contributed by atoms with E-state index in [0.717, 1.165) is 12.1 Å². The monoisotopic (exact) mass is 492 g/mol. The largest absolute Gasteiger partial charge is 0.573 e. The molecule has 10 nitrogen and oxygen atoms in total. The normalized spacial score (nSPS) is 10.9. The Morgan fingerprint density at radius 3 is 2.37 bits per heavy atom. The minimum absolute atomic E-state index is 0.0243. The molecule has 3 N–H and O–H groups in total. The number of nitrogens with one attached hydrogen (secondary N) is 1. The van der Waals surface area contributed by atoms with E-state index in [1.807, 2.05) is 0 Å². The maximum absolute atomic E-state index is 13.2. The van der Waals surface area contributed by atoms with Crippen molar-refractivity contribution in [2.75, 3.05) is 19.5 Å². The Balaban J connectivity index is 1.99. The Morgan fingerprint density at radius 1 is 1.00 bits per heavy atom. The van der Waals surface area contributed by atoms with Crippen LogP contribution in [0.2, 0.25) is 0 Å². The van der Waals surface area contributed by atoms with Gasteiger partial charge in [-0.1, -0.05) is 0 Å². The van der Waals surface area contributed by atoms with Crippen LogP contribution >= 0.6 is 0 Å². The average molecular weight is 492 g/mol. The lowest BCUT2D eigenvalue weighted by molar-refractivity contribution is -0.274. The van der Waals surface area contributed by atoms with Gasteiger partial charge in [-0.05, 0) is 31.2 Å². The van der Waals surface area contributed by atoms with Gasteiger partial charge in [0.05, 0.1) is 26.1 Å². The molecule has 0 bridgehead atoms. The highest BCUT2D eigenvalue weighted by Crippen LogP contribution is 2.39. The molecule has 2 heterocycles. The van der Waals surface area contributed by atoms with Gasteiger partial charge in [0, 0.05) is 18.0 Å². The summed E-state index contributed by atoms with van der Waals surface area (Å²) < 4.78 is 57.8. The molecule has 0 aliphatic carbocycles. The smallest absolute Gasteiger partial charge is 0.494 e. The molecule has 0 aliphatic heterocycles. The summed E-state index contributed by atoms with van der Waals surface area (Å²) >= 11 is 0. The highest BCUT2D eigenvalue weighted by molar-refractivity contribution is 6.08. The number of alkyl halides is 3. The third-order valence-corrected chi connectivity index (χ3v) is 4.47. The Labute approximate surface area is 196 Å². The van der Waals surface area contributed by atoms with E-state index in [0.29, 0.717) is 5.69 Å². The van der Waals surface area contributed by atoms with Crippen LogP contribution in [0.3, 0.4) is 0 Å². The Kier molecular flexibility index (Phi) is 7.28. The van der Waals surface area contributed by atoms with Crippen LogP contribution in [-0.4, -0.2) is 42.4 Å². The van der Waals surface area contributed by atoms with E-state index in [9.17, 15) is 22.8 Å². The summed E-state index contributed by atoms with van der Waals surface area (Å²) in [5.41, 5.74) is 5.66. The molecule has 3 rings (SSSR count). The number of methoxy groups -OCH3 is 2. The number of halogens is 3. The topological polar surface area (TPSA) is 135 Å². The van der Waals surface area contributed by atoms with E-state index >= 15 is 0 Å². The summed E-state index contributed by atoms with van der Waals surface area (Å²) in [4.78, 5) is 32.5. The van der Waals surface area contributed by atoms with Crippen molar-refractivity contribution < 1.29 is 41.7 Å². The number of primary amides is 1. The zero-order valence-electron chi connectivity index (χ0n) is 18.6. The van der Waals surface area contributed by atoms with Crippen molar-refractivity contribution in [2.45, 2.75) is 13.3 Å². The van der Waals surface area contributed by atoms with Gasteiger partial charge in [0.2, 0.25) is 0 Å². The van der Waals surface area contributed by atoms with Crippen LogP contribution in [0.4, 0.5) is 18.9 Å². The molecule has 0 spiro atoms. The zero-order chi connectivity index (χ0) is 25.8. The van der Waals surface area contributed by atoms with Crippen LogP contribution < -0.4 is 30.0 Å². The number of rotatable bonds is 8. The van der Waals surface area contributed by atoms with Crippen molar-refractivity contribution in [3.8, 4) is 28.7 Å². The fourth-order valence-corrected chi connectivity index (χ4v) is 3.00. The number of carbonyl (C=O) groups excluding carboxylic acids is 2. The van der Waals surface area contributed by atoms with Crippen LogP contribution in [0.1, 0.15) is 26.5 Å². The molecule has 0 unspecified atom stereocenters. The second kappa shape index (κ2) is 10.2. The molecule has 13 heteroatoms. The molecule has 0 fully saturated rings. The molecule has 1 aromatic carbocycles. The standard InChI is InChI=1S/C22H19F3N4O6/c1-11-19(33-3)18(21(31)29-12-6-7-27-14(8-12)20(26)30)17(10-28-11)34-15-5-4-13(9-16(15)32-2)35-22(23,24)25/h4-10H,1-3H3,(H2,26,30)(H,27,29,31). The maximum Gasteiger partial charge on any atom is 0.573 e. The number of pyridine rings is 2. The lowest BCUT2D eigenvalue weighted by Crippen LogP contribution is -2.17. The van der Waals surface area contributed by atoms with Crippen LogP contribution in [0.5, 0.6) is 28.7 Å². The van der Waals surface area contributed by atoms with Gasteiger partial charge in [-0.2, -0.15) is 0 Å². The number of nitrogens with two attached hydrogens (primary N) is 1. The Morgan fingerprint density at radius 2 is 1.74 bits per heavy atom. The lowest BCUT2D eigenvalue weighted by Gasteiger charge is -2.17. The number of carbonyl (C=O) groups is 2. The number of benzene rings is 1. The van der Waals surface area contributed by atoms with E-state index in [2.05, 4.69) is 20.0 Å². The van der Waals surface area contributed by atoms with Gasteiger partial charge in [0.15, 0.2) is 23.0 Å². The highest BCUT2D eigenvalue weighted by Gasteiger charge is 2.31. The first-order valence-corrected chi connectivity index (χ1v) is 9.74. The van der Waals surface area contributed by atoms with Gasteiger partial charge < -0.3 is 30.0 Å². The van der Waals surface area contributed by atoms with Crippen molar-refractivity contribution in [3.63, 3.8) is 0 Å². The molecule has 0 atom stereocenters. The van der Waals surface area contributed by atoms with Gasteiger partial charge >= 0.3 is 6.36 Å². The van der Waals surface area contributed by atoms with Gasteiger partial charge in [-0.15, -0.1) is 13.2 Å². The average Bonchev–Trinajstić information content (AvgIpc) is 2.79. The molecule has 2 amide bonds. The van der Waals surface area contributed by atoms with Crippen LogP contribution in [-0.2, 0) is 0 Å². The van der Waals surface area contributed by atoms with E-state index in [1.165, 1.54) is 44.8 Å². The van der Waals surface area contributed by atoms with Gasteiger partial charge in [-0.3, -0.25) is 19.6 Å². The second-order valence-electron chi connectivity index (χ2n) is 6.83. The Hall–Kier alpha value is -4.55. The lowest BCUT2D eigenvalue weighted by atomic mass is 10.1. The van der Waals surface area contributed by atoms with Crippen LogP contribution in [0.25, 0.3) is 0 Å². The molecule has 2 aromatic heterocycles. The summed E-state index contributed by atoms with van der Waals surface area (Å²) in [6.07, 6.45) is -2.36. The molecule has 0 aliphatic rings. The minimum atomic E-state index is -4.89. The quantitative estimate of drug-likeness (QED) is 0.484. The molecule has 0 radical (unpaired) electrons. The van der Waals surface area contributed by atoms with Crippen LogP contribution in [0.15, 0.2) is 42.7 Å². The molecular weight excluding hydrogens is 473 g/mol. The molecule has 35 heavy (non-hydrogen) atoms. The van der Waals surface area contributed by atoms with Crippen LogP contribution in [0, 0.1) is 6.92 Å². The summed E-state index contributed by atoms with van der Waals surface area (Å²) in [7, 11) is 2.55. The number of anilines is 1. The van der Waals surface area contributed by atoms with Crippen molar-refractivity contribution in [3.05, 3.63) is 59.7 Å². The summed E-state index contributed by atoms with van der Waals surface area (Å²) in [5, 5.41) is 2.59. The third-order valence-electron chi connectivity index (χ3n) is 4.47. The summed E-state index contributed by atoms with van der Waals surface area (Å²) in [6, 6.07) is 5.89. The molecule has 184 valence electrons. The minimum Gasteiger partial charge on any atom is -0.494 e. The molecule has 0 saturated heterocycles. The molecule has 3 aromatic rings. The predicted octanol–water partition coefficient (Wildman–Crippen LogP) is 3.84. The van der Waals surface area contributed by atoms with Crippen molar-refractivity contribution in [2.24, 2.45) is 5.73 Å². The number of aryl methyl sites for hydroxylation is 1. The first-order chi connectivity index (χ1) is 16.5. The van der Waals surface area contributed by atoms with Crippen molar-refractivity contribution in [1.29, 1.82) is 0 Å². The van der Waals surface area contributed by atoms with E-state index in [-0.39, 0.29) is 39.9 Å². The predicted molar refractivity (Wildman–Crippen MR) is 116 cm³/mol. The summed E-state index contributed by atoms with van der Waals surface area (Å²) in [5.74, 6) is -2.13. The van der Waals surface area contributed by atoms with Crippen molar-refractivity contribution >= 4 is 17.5 Å². The SMILES string of the molecule is COc1cc(OC(F)(F)F)ccc1Oc1cnc(C)c(OC)c1C(=O)Nc1ccnc(C(N)=O)c1. The first-order valence-electron chi connectivity index (χ1n) is 9.74. The van der Waals surface area contributed by atoms with Gasteiger partial charge in [0.1, 0.15) is 17.0 Å². The number of aromatic nitrogens is 2. The van der Waals surface area contributed by atoms with E-state index < -0.39 is 23.9 Å². The Bertz CT molecular complexity index is 1270. The highest BCUT2D eigenvalue weighted by atomic mass is 19.4. The van der Waals surface area contributed by atoms with Gasteiger partial charge in [0.25, 0.3) is 11.8 Å². The number of amides is 2. The number of hydrogen-bond donors (Lipinski definition) is 2. The number of hydrogen-bond acceptors (Lipinski definition) is 8. The van der Waals surface area contributed by atoms with E-state index in [4.69, 9.17) is 19.9 Å². The number of nitrogens with zero attached hydrogens (tertiary/aromatic N) is 2. The third kappa shape index (κ3) is 6.07.